The Bertz CT molecular complexity index is 498. The fourth-order valence-corrected chi connectivity index (χ4v) is 2.82. The number of hydrogen-bond acceptors (Lipinski definition) is 4. The average molecular weight is 286 g/mol. The zero-order chi connectivity index (χ0) is 15.3. The number of aromatic nitrogens is 1. The topological polar surface area (TPSA) is 52.0 Å². The molecule has 1 atom stereocenters. The van der Waals surface area contributed by atoms with Crippen LogP contribution in [-0.4, -0.2) is 35.1 Å². The van der Waals surface area contributed by atoms with Crippen LogP contribution in [0.15, 0.2) is 18.3 Å². The largest absolute Gasteiger partial charge is 0.312 e. The van der Waals surface area contributed by atoms with Crippen molar-refractivity contribution in [2.24, 2.45) is 5.92 Å². The van der Waals surface area contributed by atoms with Crippen LogP contribution in [0.4, 0.5) is 0 Å². The first-order chi connectivity index (χ1) is 9.98. The van der Waals surface area contributed by atoms with Gasteiger partial charge in [-0.2, -0.15) is 5.26 Å². The molecule has 4 heteroatoms. The first kappa shape index (κ1) is 15.9. The molecular weight excluding hydrogens is 260 g/mol. The number of nitriles is 1. The second-order valence-electron chi connectivity index (χ2n) is 7.00. The van der Waals surface area contributed by atoms with Gasteiger partial charge in [0, 0.05) is 30.4 Å². The fourth-order valence-electron chi connectivity index (χ4n) is 2.82. The van der Waals surface area contributed by atoms with Gasteiger partial charge in [0.2, 0.25) is 0 Å². The molecule has 1 N–H and O–H groups in total. The smallest absolute Gasteiger partial charge is 0.144 e. The molecule has 1 saturated heterocycles. The summed E-state index contributed by atoms with van der Waals surface area (Å²) in [5, 5.41) is 12.7. The highest BCUT2D eigenvalue weighted by atomic mass is 15.1. The number of pyridine rings is 1. The normalized spacial score (nSPS) is 20.2. The second kappa shape index (κ2) is 7.02. The van der Waals surface area contributed by atoms with E-state index in [4.69, 9.17) is 5.26 Å². The number of nitrogens with one attached hydrogen (secondary N) is 1. The van der Waals surface area contributed by atoms with E-state index >= 15 is 0 Å². The molecular formula is C17H26N4. The number of piperidine rings is 1. The Morgan fingerprint density at radius 2 is 2.29 bits per heavy atom. The molecule has 4 nitrogen and oxygen atoms in total. The van der Waals surface area contributed by atoms with Crippen LogP contribution in [0.3, 0.4) is 0 Å². The van der Waals surface area contributed by atoms with E-state index in [1.54, 1.807) is 6.20 Å². The lowest BCUT2D eigenvalue weighted by atomic mass is 9.96. The first-order valence-electron chi connectivity index (χ1n) is 7.79. The van der Waals surface area contributed by atoms with Crippen molar-refractivity contribution in [1.82, 2.24) is 15.2 Å². The Morgan fingerprint density at radius 3 is 3.00 bits per heavy atom. The number of hydrogen-bond donors (Lipinski definition) is 1. The summed E-state index contributed by atoms with van der Waals surface area (Å²) in [7, 11) is 0. The van der Waals surface area contributed by atoms with Gasteiger partial charge in [-0.05, 0) is 58.7 Å². The third kappa shape index (κ3) is 5.11. The van der Waals surface area contributed by atoms with Crippen molar-refractivity contribution < 1.29 is 0 Å². The minimum absolute atomic E-state index is 0.180. The predicted octanol–water partition coefficient (Wildman–Crippen LogP) is 2.55. The van der Waals surface area contributed by atoms with Gasteiger partial charge in [-0.3, -0.25) is 4.90 Å². The molecule has 1 fully saturated rings. The Balaban J connectivity index is 1.91. The molecule has 1 aliphatic rings. The summed E-state index contributed by atoms with van der Waals surface area (Å²) >= 11 is 0. The standard InChI is InChI=1S/C17H26N4/c1-17(2,3)20-11-14-6-5-9-21(12-14)13-15-7-4-8-19-16(15)10-18/h4,7-8,14,20H,5-6,9,11-13H2,1-3H3. The lowest BCUT2D eigenvalue weighted by Gasteiger charge is -2.34. The van der Waals surface area contributed by atoms with Crippen LogP contribution in [0.2, 0.25) is 0 Å². The molecule has 0 radical (unpaired) electrons. The molecule has 1 aromatic rings. The van der Waals surface area contributed by atoms with Gasteiger partial charge in [0.15, 0.2) is 0 Å². The van der Waals surface area contributed by atoms with Gasteiger partial charge in [0.1, 0.15) is 11.8 Å². The van der Waals surface area contributed by atoms with E-state index in [9.17, 15) is 0 Å². The van der Waals surface area contributed by atoms with Gasteiger partial charge >= 0.3 is 0 Å². The van der Waals surface area contributed by atoms with E-state index in [0.717, 1.165) is 31.7 Å². The molecule has 2 heterocycles. The molecule has 0 aromatic carbocycles. The van der Waals surface area contributed by atoms with Crippen LogP contribution in [0, 0.1) is 17.2 Å². The summed E-state index contributed by atoms with van der Waals surface area (Å²) in [6.07, 6.45) is 4.21. The van der Waals surface area contributed by atoms with E-state index in [0.29, 0.717) is 11.6 Å². The third-order valence-corrected chi connectivity index (χ3v) is 3.92. The molecule has 0 aliphatic carbocycles. The van der Waals surface area contributed by atoms with E-state index in [1.165, 1.54) is 12.8 Å². The highest BCUT2D eigenvalue weighted by Crippen LogP contribution is 2.19. The molecule has 0 spiro atoms. The number of nitrogens with zero attached hydrogens (tertiary/aromatic N) is 3. The SMILES string of the molecule is CC(C)(C)NCC1CCCN(Cc2cccnc2C#N)C1. The van der Waals surface area contributed by atoms with Crippen molar-refractivity contribution in [2.45, 2.75) is 45.7 Å². The molecule has 21 heavy (non-hydrogen) atoms. The zero-order valence-corrected chi connectivity index (χ0v) is 13.4. The van der Waals surface area contributed by atoms with Crippen molar-refractivity contribution in [3.8, 4) is 6.07 Å². The minimum atomic E-state index is 0.180. The molecule has 1 unspecified atom stereocenters. The summed E-state index contributed by atoms with van der Waals surface area (Å²) in [4.78, 5) is 6.60. The first-order valence-corrected chi connectivity index (χ1v) is 7.79. The highest BCUT2D eigenvalue weighted by molar-refractivity contribution is 5.30. The maximum atomic E-state index is 9.13. The number of likely N-dealkylation sites (tertiary alicyclic amines) is 1. The molecule has 0 amide bonds. The summed E-state index contributed by atoms with van der Waals surface area (Å²) in [5.74, 6) is 0.695. The highest BCUT2D eigenvalue weighted by Gasteiger charge is 2.22. The number of rotatable bonds is 4. The molecule has 1 aromatic heterocycles. The van der Waals surface area contributed by atoms with Crippen LogP contribution in [0.25, 0.3) is 0 Å². The van der Waals surface area contributed by atoms with Gasteiger partial charge in [0.25, 0.3) is 0 Å². The van der Waals surface area contributed by atoms with Gasteiger partial charge in [0.05, 0.1) is 0 Å². The van der Waals surface area contributed by atoms with Crippen molar-refractivity contribution in [3.63, 3.8) is 0 Å². The van der Waals surface area contributed by atoms with E-state index in [-0.39, 0.29) is 5.54 Å². The second-order valence-corrected chi connectivity index (χ2v) is 7.00. The Morgan fingerprint density at radius 1 is 1.48 bits per heavy atom. The van der Waals surface area contributed by atoms with Crippen molar-refractivity contribution in [2.75, 3.05) is 19.6 Å². The monoisotopic (exact) mass is 286 g/mol. The van der Waals surface area contributed by atoms with E-state index < -0.39 is 0 Å². The van der Waals surface area contributed by atoms with Gasteiger partial charge < -0.3 is 5.32 Å². The minimum Gasteiger partial charge on any atom is -0.312 e. The van der Waals surface area contributed by atoms with Crippen molar-refractivity contribution >= 4 is 0 Å². The zero-order valence-electron chi connectivity index (χ0n) is 13.4. The fraction of sp³-hybridized carbons (Fsp3) is 0.647. The van der Waals surface area contributed by atoms with Gasteiger partial charge in [-0.1, -0.05) is 6.07 Å². The molecule has 0 bridgehead atoms. The van der Waals surface area contributed by atoms with E-state index in [1.807, 2.05) is 12.1 Å². The summed E-state index contributed by atoms with van der Waals surface area (Å²) in [5.41, 5.74) is 1.79. The van der Waals surface area contributed by atoms with Crippen LogP contribution in [0.1, 0.15) is 44.9 Å². The predicted molar refractivity (Wildman–Crippen MR) is 84.7 cm³/mol. The quantitative estimate of drug-likeness (QED) is 0.924. The maximum absolute atomic E-state index is 9.13. The van der Waals surface area contributed by atoms with Crippen LogP contribution in [0.5, 0.6) is 0 Å². The summed E-state index contributed by atoms with van der Waals surface area (Å²) in [6, 6.07) is 6.12. The Kier molecular flexibility index (Phi) is 5.33. The summed E-state index contributed by atoms with van der Waals surface area (Å²) in [6.45, 7) is 10.8. The lowest BCUT2D eigenvalue weighted by molar-refractivity contribution is 0.159. The van der Waals surface area contributed by atoms with Crippen LogP contribution >= 0.6 is 0 Å². The maximum Gasteiger partial charge on any atom is 0.144 e. The van der Waals surface area contributed by atoms with Crippen LogP contribution < -0.4 is 5.32 Å². The molecule has 1 aliphatic heterocycles. The molecule has 0 saturated carbocycles. The Labute approximate surface area is 128 Å². The molecule has 2 rings (SSSR count). The van der Waals surface area contributed by atoms with E-state index in [2.05, 4.69) is 42.0 Å². The van der Waals surface area contributed by atoms with Gasteiger partial charge in [-0.15, -0.1) is 0 Å². The Hall–Kier alpha value is -1.44. The van der Waals surface area contributed by atoms with Crippen molar-refractivity contribution in [3.05, 3.63) is 29.6 Å². The third-order valence-electron chi connectivity index (χ3n) is 3.92. The lowest BCUT2D eigenvalue weighted by Crippen LogP contribution is -2.44. The summed E-state index contributed by atoms with van der Waals surface area (Å²) < 4.78 is 0. The molecule has 114 valence electrons. The average Bonchev–Trinajstić information content (AvgIpc) is 2.45. The van der Waals surface area contributed by atoms with Crippen molar-refractivity contribution in [1.29, 1.82) is 5.26 Å². The van der Waals surface area contributed by atoms with Gasteiger partial charge in [-0.25, -0.2) is 4.98 Å². The van der Waals surface area contributed by atoms with Crippen LogP contribution in [-0.2, 0) is 6.54 Å².